The molecule has 0 radical (unpaired) electrons. The maximum absolute atomic E-state index is 5.44. The van der Waals surface area contributed by atoms with Crippen LogP contribution in [-0.2, 0) is 4.74 Å². The summed E-state index contributed by atoms with van der Waals surface area (Å²) in [5.74, 6) is 0.965. The van der Waals surface area contributed by atoms with Gasteiger partial charge in [0.2, 0.25) is 0 Å². The number of thiophene rings is 1. The van der Waals surface area contributed by atoms with Gasteiger partial charge in [-0.25, -0.2) is 0 Å². The van der Waals surface area contributed by atoms with E-state index in [-0.39, 0.29) is 6.04 Å². The lowest BCUT2D eigenvalue weighted by atomic mass is 10.0. The normalized spacial score (nSPS) is 17.2. The van der Waals surface area contributed by atoms with Crippen LogP contribution in [0, 0.1) is 0 Å². The van der Waals surface area contributed by atoms with E-state index in [2.05, 4.69) is 17.6 Å². The van der Waals surface area contributed by atoms with Crippen LogP contribution in [0.15, 0.2) is 23.3 Å². The number of hydrogen-bond donors (Lipinski definition) is 1. The minimum absolute atomic E-state index is 0.232. The highest BCUT2D eigenvalue weighted by Crippen LogP contribution is 2.37. The van der Waals surface area contributed by atoms with E-state index in [1.165, 1.54) is 10.5 Å². The van der Waals surface area contributed by atoms with Crippen LogP contribution in [0.4, 0.5) is 0 Å². The van der Waals surface area contributed by atoms with Crippen LogP contribution >= 0.6 is 11.3 Å². The Bertz CT molecular complexity index is 387. The zero-order chi connectivity index (χ0) is 12.1. The predicted octanol–water partition coefficient (Wildman–Crippen LogP) is 3.10. The van der Waals surface area contributed by atoms with E-state index in [1.807, 2.05) is 12.3 Å². The van der Waals surface area contributed by atoms with Crippen LogP contribution in [0.3, 0.4) is 0 Å². The van der Waals surface area contributed by atoms with Crippen molar-refractivity contribution in [2.24, 2.45) is 0 Å². The Kier molecular flexibility index (Phi) is 4.45. The van der Waals surface area contributed by atoms with Gasteiger partial charge >= 0.3 is 0 Å². The van der Waals surface area contributed by atoms with Crippen LogP contribution < -0.4 is 10.1 Å². The van der Waals surface area contributed by atoms with Gasteiger partial charge in [0.1, 0.15) is 5.75 Å². The van der Waals surface area contributed by atoms with Crippen molar-refractivity contribution in [1.29, 1.82) is 0 Å². The summed E-state index contributed by atoms with van der Waals surface area (Å²) >= 11 is 1.73. The van der Waals surface area contributed by atoms with E-state index in [0.29, 0.717) is 0 Å². The van der Waals surface area contributed by atoms with Crippen molar-refractivity contribution in [2.75, 3.05) is 20.3 Å². The third-order valence-corrected chi connectivity index (χ3v) is 3.84. The van der Waals surface area contributed by atoms with Gasteiger partial charge in [0.15, 0.2) is 0 Å². The Morgan fingerprint density at radius 1 is 1.59 bits per heavy atom. The second-order valence-corrected chi connectivity index (χ2v) is 4.96. The minimum Gasteiger partial charge on any atom is -0.501 e. The molecule has 0 saturated carbocycles. The molecule has 3 nitrogen and oxygen atoms in total. The second kappa shape index (κ2) is 6.07. The first kappa shape index (κ1) is 12.5. The van der Waals surface area contributed by atoms with Gasteiger partial charge < -0.3 is 14.8 Å². The van der Waals surface area contributed by atoms with Crippen LogP contribution in [0.1, 0.15) is 30.7 Å². The molecule has 0 spiro atoms. The standard InChI is InChI=1S/C13H19NO2S/c1-3-14-12(10-5-4-7-16-9-10)13-11(15-2)6-8-17-13/h6,8-9,12,14H,3-5,7H2,1-2H3. The summed E-state index contributed by atoms with van der Waals surface area (Å²) in [5, 5.41) is 5.58. The van der Waals surface area contributed by atoms with Crippen molar-refractivity contribution >= 4 is 11.3 Å². The molecule has 1 atom stereocenters. The van der Waals surface area contributed by atoms with Crippen LogP contribution in [0.25, 0.3) is 0 Å². The number of hydrogen-bond acceptors (Lipinski definition) is 4. The number of methoxy groups -OCH3 is 1. The van der Waals surface area contributed by atoms with Gasteiger partial charge in [-0.15, -0.1) is 11.3 Å². The number of nitrogens with one attached hydrogen (secondary N) is 1. The molecule has 17 heavy (non-hydrogen) atoms. The molecule has 1 aromatic heterocycles. The Labute approximate surface area is 106 Å². The average molecular weight is 253 g/mol. The van der Waals surface area contributed by atoms with Gasteiger partial charge in [-0.1, -0.05) is 6.92 Å². The zero-order valence-electron chi connectivity index (χ0n) is 10.4. The molecule has 1 unspecified atom stereocenters. The Morgan fingerprint density at radius 3 is 3.12 bits per heavy atom. The molecule has 0 saturated heterocycles. The predicted molar refractivity (Wildman–Crippen MR) is 70.6 cm³/mol. The van der Waals surface area contributed by atoms with Crippen molar-refractivity contribution in [3.05, 3.63) is 28.2 Å². The van der Waals surface area contributed by atoms with Gasteiger partial charge in [0.05, 0.1) is 30.9 Å². The highest BCUT2D eigenvalue weighted by molar-refractivity contribution is 7.10. The molecular weight excluding hydrogens is 234 g/mol. The quantitative estimate of drug-likeness (QED) is 0.874. The molecule has 2 rings (SSSR count). The topological polar surface area (TPSA) is 30.5 Å². The van der Waals surface area contributed by atoms with E-state index in [4.69, 9.17) is 9.47 Å². The monoisotopic (exact) mass is 253 g/mol. The third-order valence-electron chi connectivity index (χ3n) is 2.88. The van der Waals surface area contributed by atoms with Gasteiger partial charge in [-0.05, 0) is 36.4 Å². The van der Waals surface area contributed by atoms with Crippen molar-refractivity contribution in [1.82, 2.24) is 5.32 Å². The largest absolute Gasteiger partial charge is 0.501 e. The fourth-order valence-electron chi connectivity index (χ4n) is 2.08. The van der Waals surface area contributed by atoms with Crippen molar-refractivity contribution in [2.45, 2.75) is 25.8 Å². The summed E-state index contributed by atoms with van der Waals surface area (Å²) in [4.78, 5) is 1.24. The molecule has 1 N–H and O–H groups in total. The highest BCUT2D eigenvalue weighted by atomic mass is 32.1. The second-order valence-electron chi connectivity index (χ2n) is 4.01. The smallest absolute Gasteiger partial charge is 0.134 e. The van der Waals surface area contributed by atoms with E-state index in [0.717, 1.165) is 31.7 Å². The number of ether oxygens (including phenoxy) is 2. The van der Waals surface area contributed by atoms with Crippen LogP contribution in [0.5, 0.6) is 5.75 Å². The summed E-state index contributed by atoms with van der Waals surface area (Å²) in [6.45, 7) is 3.89. The van der Waals surface area contributed by atoms with Crippen molar-refractivity contribution in [3.8, 4) is 5.75 Å². The lowest BCUT2D eigenvalue weighted by molar-refractivity contribution is 0.219. The Hall–Kier alpha value is -1.00. The average Bonchev–Trinajstić information content (AvgIpc) is 2.85. The molecular formula is C13H19NO2S. The molecule has 1 aliphatic heterocycles. The summed E-state index contributed by atoms with van der Waals surface area (Å²) < 4.78 is 10.8. The molecule has 0 aliphatic carbocycles. The lowest BCUT2D eigenvalue weighted by Gasteiger charge is -2.23. The van der Waals surface area contributed by atoms with Crippen molar-refractivity contribution < 1.29 is 9.47 Å². The van der Waals surface area contributed by atoms with Crippen LogP contribution in [-0.4, -0.2) is 20.3 Å². The molecule has 1 aliphatic rings. The summed E-state index contributed by atoms with van der Waals surface area (Å²) in [5.41, 5.74) is 1.32. The van der Waals surface area contributed by atoms with Gasteiger partial charge in [0.25, 0.3) is 0 Å². The SMILES string of the molecule is CCNC(C1=COCCC1)c1sccc1OC. The number of rotatable bonds is 5. The minimum atomic E-state index is 0.232. The summed E-state index contributed by atoms with van der Waals surface area (Å²) in [6.07, 6.45) is 4.11. The summed E-state index contributed by atoms with van der Waals surface area (Å²) in [6, 6.07) is 2.25. The molecule has 0 aromatic carbocycles. The van der Waals surface area contributed by atoms with Gasteiger partial charge in [0, 0.05) is 0 Å². The van der Waals surface area contributed by atoms with Gasteiger partial charge in [-0.2, -0.15) is 0 Å². The summed E-state index contributed by atoms with van der Waals surface area (Å²) in [7, 11) is 1.72. The molecule has 1 aromatic rings. The van der Waals surface area contributed by atoms with E-state index in [1.54, 1.807) is 18.4 Å². The lowest BCUT2D eigenvalue weighted by Crippen LogP contribution is -2.24. The fraction of sp³-hybridized carbons (Fsp3) is 0.538. The molecule has 0 amide bonds. The first-order chi connectivity index (χ1) is 8.36. The first-order valence-corrected chi connectivity index (χ1v) is 6.90. The maximum atomic E-state index is 5.44. The molecule has 0 bridgehead atoms. The van der Waals surface area contributed by atoms with Gasteiger partial charge in [-0.3, -0.25) is 0 Å². The van der Waals surface area contributed by atoms with Crippen molar-refractivity contribution in [3.63, 3.8) is 0 Å². The molecule has 94 valence electrons. The zero-order valence-corrected chi connectivity index (χ0v) is 11.2. The van der Waals surface area contributed by atoms with E-state index < -0.39 is 0 Å². The Balaban J connectivity index is 2.24. The number of likely N-dealkylation sites (N-methyl/N-ethyl adjacent to an activating group) is 1. The third kappa shape index (κ3) is 2.82. The maximum Gasteiger partial charge on any atom is 0.134 e. The highest BCUT2D eigenvalue weighted by Gasteiger charge is 2.22. The van der Waals surface area contributed by atoms with Crippen LogP contribution in [0.2, 0.25) is 0 Å². The van der Waals surface area contributed by atoms with E-state index in [9.17, 15) is 0 Å². The molecule has 2 heterocycles. The molecule has 4 heteroatoms. The molecule has 0 fully saturated rings. The Morgan fingerprint density at radius 2 is 2.47 bits per heavy atom. The first-order valence-electron chi connectivity index (χ1n) is 6.02. The van der Waals surface area contributed by atoms with E-state index >= 15 is 0 Å². The fourth-order valence-corrected chi connectivity index (χ4v) is 3.06.